The van der Waals surface area contributed by atoms with E-state index in [1.54, 1.807) is 18.5 Å². The van der Waals surface area contributed by atoms with Gasteiger partial charge in [0.05, 0.1) is 6.26 Å². The van der Waals surface area contributed by atoms with Crippen LogP contribution in [0.3, 0.4) is 0 Å². The molecule has 2 heterocycles. The van der Waals surface area contributed by atoms with Gasteiger partial charge in [0.2, 0.25) is 0 Å². The zero-order valence-electron chi connectivity index (χ0n) is 18.9. The van der Waals surface area contributed by atoms with E-state index in [0.29, 0.717) is 11.3 Å². The van der Waals surface area contributed by atoms with Crippen molar-refractivity contribution in [1.29, 1.82) is 0 Å². The third kappa shape index (κ3) is 6.43. The molecule has 7 nitrogen and oxygen atoms in total. The van der Waals surface area contributed by atoms with Crippen molar-refractivity contribution < 1.29 is 23.5 Å². The number of furan rings is 1. The van der Waals surface area contributed by atoms with E-state index >= 15 is 0 Å². The van der Waals surface area contributed by atoms with Crippen molar-refractivity contribution >= 4 is 55.2 Å². The maximum absolute atomic E-state index is 12.7. The number of anilines is 2. The highest BCUT2D eigenvalue weighted by Gasteiger charge is 2.39. The molecule has 4 rings (SSSR count). The molecule has 3 aromatic rings. The second kappa shape index (κ2) is 10.5. The molecule has 0 aliphatic carbocycles. The molecule has 35 heavy (non-hydrogen) atoms. The second-order valence-corrected chi connectivity index (χ2v) is 9.96. The molecule has 0 bridgehead atoms. The predicted molar refractivity (Wildman–Crippen MR) is 139 cm³/mol. The first-order chi connectivity index (χ1) is 16.7. The molecular formula is C26H22Br2N2O5. The van der Waals surface area contributed by atoms with Gasteiger partial charge in [-0.05, 0) is 72.3 Å². The lowest BCUT2D eigenvalue weighted by Gasteiger charge is -2.30. The SMILES string of the molecule is CC1(C)OC(=O)C(=C/C(=C\Nc2ccc(Br)cc2)[C@H](Nc2ccc(Br)cc2)c2ccco2)C(=O)O1. The average molecular weight is 602 g/mol. The summed E-state index contributed by atoms with van der Waals surface area (Å²) in [4.78, 5) is 25.4. The van der Waals surface area contributed by atoms with Crippen LogP contribution in [0.15, 0.2) is 104 Å². The number of hydrogen-bond donors (Lipinski definition) is 2. The molecular weight excluding hydrogens is 580 g/mol. The molecule has 1 atom stereocenters. The first kappa shape index (κ1) is 24.8. The van der Waals surface area contributed by atoms with Crippen LogP contribution in [0.1, 0.15) is 25.6 Å². The summed E-state index contributed by atoms with van der Waals surface area (Å²) in [5, 5.41) is 6.63. The molecule has 1 saturated heterocycles. The Labute approximate surface area is 219 Å². The highest BCUT2D eigenvalue weighted by Crippen LogP contribution is 2.32. The van der Waals surface area contributed by atoms with E-state index in [4.69, 9.17) is 13.9 Å². The fraction of sp³-hybridized carbons (Fsp3) is 0.154. The Morgan fingerprint density at radius 3 is 2.00 bits per heavy atom. The molecule has 2 N–H and O–H groups in total. The quantitative estimate of drug-likeness (QED) is 0.177. The third-order valence-corrected chi connectivity index (χ3v) is 6.05. The number of cyclic esters (lactones) is 2. The lowest BCUT2D eigenvalue weighted by molar-refractivity contribution is -0.222. The van der Waals surface area contributed by atoms with Crippen molar-refractivity contribution in [2.45, 2.75) is 25.7 Å². The van der Waals surface area contributed by atoms with Crippen LogP contribution in [0.2, 0.25) is 0 Å². The molecule has 1 aliphatic heterocycles. The van der Waals surface area contributed by atoms with Gasteiger partial charge in [-0.3, -0.25) is 0 Å². The fourth-order valence-corrected chi connectivity index (χ4v) is 3.88. The lowest BCUT2D eigenvalue weighted by atomic mass is 10.0. The van der Waals surface area contributed by atoms with Crippen molar-refractivity contribution in [3.63, 3.8) is 0 Å². The summed E-state index contributed by atoms with van der Waals surface area (Å²) in [6.45, 7) is 3.01. The topological polar surface area (TPSA) is 89.8 Å². The highest BCUT2D eigenvalue weighted by atomic mass is 79.9. The van der Waals surface area contributed by atoms with E-state index in [-0.39, 0.29) is 5.57 Å². The van der Waals surface area contributed by atoms with Gasteiger partial charge in [-0.25, -0.2) is 9.59 Å². The van der Waals surface area contributed by atoms with Gasteiger partial charge >= 0.3 is 11.9 Å². The fourth-order valence-electron chi connectivity index (χ4n) is 3.35. The van der Waals surface area contributed by atoms with Gasteiger partial charge in [-0.1, -0.05) is 31.9 Å². The second-order valence-electron chi connectivity index (χ2n) is 8.13. The number of benzene rings is 2. The zero-order chi connectivity index (χ0) is 25.0. The van der Waals surface area contributed by atoms with Gasteiger partial charge in [0.1, 0.15) is 17.4 Å². The summed E-state index contributed by atoms with van der Waals surface area (Å²) >= 11 is 6.86. The largest absolute Gasteiger partial charge is 0.467 e. The number of esters is 2. The third-order valence-electron chi connectivity index (χ3n) is 4.99. The zero-order valence-corrected chi connectivity index (χ0v) is 22.1. The number of carbonyl (C=O) groups excluding carboxylic acids is 2. The monoisotopic (exact) mass is 600 g/mol. The minimum atomic E-state index is -1.33. The molecule has 0 amide bonds. The maximum atomic E-state index is 12.7. The van der Waals surface area contributed by atoms with E-state index in [0.717, 1.165) is 20.3 Å². The van der Waals surface area contributed by atoms with Crippen LogP contribution in [-0.4, -0.2) is 17.7 Å². The minimum Gasteiger partial charge on any atom is -0.467 e. The molecule has 1 aliphatic rings. The summed E-state index contributed by atoms with van der Waals surface area (Å²) < 4.78 is 18.1. The molecule has 180 valence electrons. The molecule has 0 spiro atoms. The van der Waals surface area contributed by atoms with Crippen LogP contribution in [0, 0.1) is 0 Å². The number of ether oxygens (including phenoxy) is 2. The Hall–Kier alpha value is -3.30. The number of halogens is 2. The summed E-state index contributed by atoms with van der Waals surface area (Å²) in [5.74, 6) is -2.28. The normalized spacial score (nSPS) is 16.2. The molecule has 0 unspecified atom stereocenters. The number of nitrogens with one attached hydrogen (secondary N) is 2. The van der Waals surface area contributed by atoms with Gasteiger partial charge < -0.3 is 24.5 Å². The Bertz CT molecular complexity index is 1240. The summed E-state index contributed by atoms with van der Waals surface area (Å²) in [6, 6.07) is 18.2. The van der Waals surface area contributed by atoms with E-state index in [2.05, 4.69) is 42.5 Å². The van der Waals surface area contributed by atoms with Gasteiger partial charge in [0, 0.05) is 40.4 Å². The van der Waals surface area contributed by atoms with Crippen LogP contribution in [0.25, 0.3) is 0 Å². The molecule has 1 aromatic heterocycles. The number of rotatable bonds is 7. The predicted octanol–water partition coefficient (Wildman–Crippen LogP) is 6.72. The van der Waals surface area contributed by atoms with Crippen molar-refractivity contribution in [3.05, 3.63) is 105 Å². The highest BCUT2D eigenvalue weighted by molar-refractivity contribution is 9.10. The molecule has 9 heteroatoms. The average Bonchev–Trinajstić information content (AvgIpc) is 3.33. The lowest BCUT2D eigenvalue weighted by Crippen LogP contribution is -2.42. The van der Waals surface area contributed by atoms with Crippen molar-refractivity contribution in [3.8, 4) is 0 Å². The first-order valence-corrected chi connectivity index (χ1v) is 12.2. The van der Waals surface area contributed by atoms with Crippen molar-refractivity contribution in [1.82, 2.24) is 0 Å². The summed E-state index contributed by atoms with van der Waals surface area (Å²) in [5.41, 5.74) is 1.93. The van der Waals surface area contributed by atoms with Gasteiger partial charge in [0.15, 0.2) is 0 Å². The standard InChI is InChI=1S/C26H22Br2N2O5/c1-26(2)34-24(31)21(25(32)35-26)14-16(15-29-19-9-5-17(27)6-10-19)23(22-4-3-13-33-22)30-20-11-7-18(28)8-12-20/h3-15,23,29-30H,1-2H3/b16-15+/t23-/m0/s1. The van der Waals surface area contributed by atoms with Gasteiger partial charge in [-0.15, -0.1) is 0 Å². The number of carbonyl (C=O) groups is 2. The molecule has 1 fully saturated rings. The van der Waals surface area contributed by atoms with Crippen molar-refractivity contribution in [2.24, 2.45) is 0 Å². The molecule has 0 radical (unpaired) electrons. The Morgan fingerprint density at radius 2 is 1.46 bits per heavy atom. The van der Waals surface area contributed by atoms with E-state index < -0.39 is 23.8 Å². The van der Waals surface area contributed by atoms with Crippen LogP contribution in [0.4, 0.5) is 11.4 Å². The van der Waals surface area contributed by atoms with Crippen LogP contribution >= 0.6 is 31.9 Å². The van der Waals surface area contributed by atoms with E-state index in [9.17, 15) is 9.59 Å². The maximum Gasteiger partial charge on any atom is 0.348 e. The molecule has 2 aromatic carbocycles. The molecule has 0 saturated carbocycles. The van der Waals surface area contributed by atoms with E-state index in [1.807, 2.05) is 54.6 Å². The van der Waals surface area contributed by atoms with Crippen LogP contribution in [0.5, 0.6) is 0 Å². The Morgan fingerprint density at radius 1 is 0.886 bits per heavy atom. The first-order valence-electron chi connectivity index (χ1n) is 10.7. The van der Waals surface area contributed by atoms with E-state index in [1.165, 1.54) is 19.9 Å². The van der Waals surface area contributed by atoms with Crippen molar-refractivity contribution in [2.75, 3.05) is 10.6 Å². The number of hydrogen-bond acceptors (Lipinski definition) is 7. The minimum absolute atomic E-state index is 0.220. The van der Waals surface area contributed by atoms with Crippen LogP contribution in [-0.2, 0) is 19.1 Å². The summed E-state index contributed by atoms with van der Waals surface area (Å²) in [6.07, 6.45) is 4.71. The van der Waals surface area contributed by atoms with Gasteiger partial charge in [0.25, 0.3) is 5.79 Å². The van der Waals surface area contributed by atoms with Crippen LogP contribution < -0.4 is 10.6 Å². The Balaban J connectivity index is 1.76. The van der Waals surface area contributed by atoms with Gasteiger partial charge in [-0.2, -0.15) is 0 Å². The summed E-state index contributed by atoms with van der Waals surface area (Å²) in [7, 11) is 0. The Kier molecular flexibility index (Phi) is 7.47. The smallest absolute Gasteiger partial charge is 0.348 e.